The van der Waals surface area contributed by atoms with Crippen molar-refractivity contribution in [2.24, 2.45) is 0 Å². The number of hydrogen-bond donors (Lipinski definition) is 0. The van der Waals surface area contributed by atoms with Crippen molar-refractivity contribution in [2.45, 2.75) is 52.2 Å². The first-order valence-corrected chi connectivity index (χ1v) is 6.62. The lowest BCUT2D eigenvalue weighted by molar-refractivity contribution is 0.00578. The molecule has 0 unspecified atom stereocenters. The second-order valence-electron chi connectivity index (χ2n) is 6.01. The Balaban J connectivity index is 2.05. The highest BCUT2D eigenvalue weighted by Gasteiger charge is 2.52. The number of likely N-dealkylation sites (N-methyl/N-ethyl adjacent to an activating group) is 1. The van der Waals surface area contributed by atoms with Crippen LogP contribution >= 0.6 is 0 Å². The lowest BCUT2D eigenvalue weighted by Crippen LogP contribution is -2.41. The molecule has 0 radical (unpaired) electrons. The molecule has 0 saturated carbocycles. The van der Waals surface area contributed by atoms with E-state index in [0.29, 0.717) is 0 Å². The van der Waals surface area contributed by atoms with Gasteiger partial charge in [-0.05, 0) is 46.1 Å². The van der Waals surface area contributed by atoms with Crippen LogP contribution < -0.4 is 0 Å². The molecule has 2 aliphatic heterocycles. The van der Waals surface area contributed by atoms with Crippen LogP contribution in [-0.4, -0.2) is 42.9 Å². The summed E-state index contributed by atoms with van der Waals surface area (Å²) in [4.78, 5) is 2.43. The van der Waals surface area contributed by atoms with Crippen LogP contribution in [0.4, 0.5) is 0 Å². The molecule has 2 aliphatic rings. The van der Waals surface area contributed by atoms with Crippen molar-refractivity contribution in [1.29, 1.82) is 0 Å². The van der Waals surface area contributed by atoms with E-state index in [2.05, 4.69) is 45.6 Å². The van der Waals surface area contributed by atoms with Crippen molar-refractivity contribution in [2.75, 3.05) is 19.6 Å². The Bertz CT molecular complexity index is 309. The fraction of sp³-hybridized carbons (Fsp3) is 0.846. The van der Waals surface area contributed by atoms with E-state index in [0.717, 1.165) is 26.1 Å². The molecule has 17 heavy (non-hydrogen) atoms. The lowest BCUT2D eigenvalue weighted by Gasteiger charge is -2.32. The highest BCUT2D eigenvalue weighted by atomic mass is 16.7. The smallest absolute Gasteiger partial charge is 0.400 e. The van der Waals surface area contributed by atoms with Crippen LogP contribution in [0.1, 0.15) is 41.0 Å². The van der Waals surface area contributed by atoms with Gasteiger partial charge >= 0.3 is 7.12 Å². The number of rotatable bonds is 2. The standard InChI is InChI=1S/C13H24BNO2/c1-6-15-9-7-11(8-10-15)14-16-12(2,3)13(4,5)17-14/h7H,6,8-10H2,1-5H3. The van der Waals surface area contributed by atoms with Gasteiger partial charge in [0.2, 0.25) is 0 Å². The van der Waals surface area contributed by atoms with Crippen LogP contribution in [0.2, 0.25) is 0 Å². The van der Waals surface area contributed by atoms with E-state index in [9.17, 15) is 0 Å². The van der Waals surface area contributed by atoms with Crippen LogP contribution in [0.15, 0.2) is 11.5 Å². The quantitative estimate of drug-likeness (QED) is 0.687. The van der Waals surface area contributed by atoms with Gasteiger partial charge in [0.05, 0.1) is 11.2 Å². The minimum Gasteiger partial charge on any atom is -0.400 e. The Labute approximate surface area is 105 Å². The molecule has 4 heteroatoms. The molecular weight excluding hydrogens is 213 g/mol. The first kappa shape index (κ1) is 13.1. The highest BCUT2D eigenvalue weighted by molar-refractivity contribution is 6.54. The zero-order chi connectivity index (χ0) is 12.7. The predicted molar refractivity (Wildman–Crippen MR) is 70.9 cm³/mol. The summed E-state index contributed by atoms with van der Waals surface area (Å²) in [6.07, 6.45) is 3.33. The summed E-state index contributed by atoms with van der Waals surface area (Å²) in [6.45, 7) is 13.9. The third-order valence-electron chi connectivity index (χ3n) is 4.33. The molecule has 0 aromatic rings. The molecule has 1 saturated heterocycles. The summed E-state index contributed by atoms with van der Waals surface area (Å²) in [6, 6.07) is 0. The van der Waals surface area contributed by atoms with Crippen molar-refractivity contribution in [3.63, 3.8) is 0 Å². The molecule has 0 aromatic carbocycles. The van der Waals surface area contributed by atoms with Crippen molar-refractivity contribution >= 4 is 7.12 Å². The molecule has 0 spiro atoms. The predicted octanol–water partition coefficient (Wildman–Crippen LogP) is 2.27. The molecule has 3 nitrogen and oxygen atoms in total. The largest absolute Gasteiger partial charge is 0.490 e. The molecule has 2 rings (SSSR count). The maximum Gasteiger partial charge on any atom is 0.490 e. The molecule has 0 N–H and O–H groups in total. The van der Waals surface area contributed by atoms with Crippen LogP contribution in [0.25, 0.3) is 0 Å². The maximum atomic E-state index is 6.06. The summed E-state index contributed by atoms with van der Waals surface area (Å²) < 4.78 is 12.1. The van der Waals surface area contributed by atoms with Gasteiger partial charge in [0.1, 0.15) is 0 Å². The third kappa shape index (κ3) is 2.44. The van der Waals surface area contributed by atoms with E-state index in [1.165, 1.54) is 5.47 Å². The van der Waals surface area contributed by atoms with Gasteiger partial charge in [-0.2, -0.15) is 0 Å². The zero-order valence-electron chi connectivity index (χ0n) is 11.7. The molecule has 2 heterocycles. The molecule has 0 aromatic heterocycles. The van der Waals surface area contributed by atoms with Gasteiger partial charge in [0.25, 0.3) is 0 Å². The SMILES string of the molecule is CCN1CC=C(B2OC(C)(C)C(C)(C)O2)CC1. The molecule has 1 fully saturated rings. The van der Waals surface area contributed by atoms with Crippen molar-refractivity contribution in [3.8, 4) is 0 Å². The van der Waals surface area contributed by atoms with Crippen LogP contribution in [0.5, 0.6) is 0 Å². The Hall–Kier alpha value is -0.315. The number of hydrogen-bond acceptors (Lipinski definition) is 3. The summed E-state index contributed by atoms with van der Waals surface area (Å²) >= 11 is 0. The fourth-order valence-corrected chi connectivity index (χ4v) is 2.22. The summed E-state index contributed by atoms with van der Waals surface area (Å²) in [5.74, 6) is 0. The van der Waals surface area contributed by atoms with Crippen molar-refractivity contribution < 1.29 is 9.31 Å². The molecule has 96 valence electrons. The lowest BCUT2D eigenvalue weighted by atomic mass is 9.75. The maximum absolute atomic E-state index is 6.06. The van der Waals surface area contributed by atoms with Crippen molar-refractivity contribution in [1.82, 2.24) is 4.90 Å². The normalized spacial score (nSPS) is 28.3. The second-order valence-corrected chi connectivity index (χ2v) is 6.01. The van der Waals surface area contributed by atoms with Crippen LogP contribution in [0.3, 0.4) is 0 Å². The second kappa shape index (κ2) is 4.41. The molecule has 0 atom stereocenters. The van der Waals surface area contributed by atoms with Gasteiger partial charge in [-0.3, -0.25) is 4.90 Å². The van der Waals surface area contributed by atoms with E-state index < -0.39 is 0 Å². The highest BCUT2D eigenvalue weighted by Crippen LogP contribution is 2.39. The van der Waals surface area contributed by atoms with Gasteiger partial charge in [-0.15, -0.1) is 0 Å². The van der Waals surface area contributed by atoms with Gasteiger partial charge < -0.3 is 9.31 Å². The van der Waals surface area contributed by atoms with Gasteiger partial charge in [-0.1, -0.05) is 13.0 Å². The van der Waals surface area contributed by atoms with E-state index in [4.69, 9.17) is 9.31 Å². The minimum atomic E-state index is -0.222. The molecule has 0 amide bonds. The fourth-order valence-electron chi connectivity index (χ4n) is 2.22. The number of nitrogens with zero attached hydrogens (tertiary/aromatic N) is 1. The minimum absolute atomic E-state index is 0.140. The monoisotopic (exact) mass is 237 g/mol. The Morgan fingerprint density at radius 3 is 2.24 bits per heavy atom. The summed E-state index contributed by atoms with van der Waals surface area (Å²) in [7, 11) is -0.140. The third-order valence-corrected chi connectivity index (χ3v) is 4.33. The first-order valence-electron chi connectivity index (χ1n) is 6.62. The van der Waals surface area contributed by atoms with Crippen LogP contribution in [0, 0.1) is 0 Å². The van der Waals surface area contributed by atoms with Crippen LogP contribution in [-0.2, 0) is 9.31 Å². The van der Waals surface area contributed by atoms with Gasteiger partial charge in [0.15, 0.2) is 0 Å². The Kier molecular flexibility index (Phi) is 3.41. The summed E-state index contributed by atoms with van der Waals surface area (Å²) in [5.41, 5.74) is 0.870. The first-order chi connectivity index (χ1) is 7.86. The Morgan fingerprint density at radius 1 is 1.24 bits per heavy atom. The van der Waals surface area contributed by atoms with Gasteiger partial charge in [-0.25, -0.2) is 0 Å². The average Bonchev–Trinajstić information content (AvgIpc) is 2.48. The van der Waals surface area contributed by atoms with Gasteiger partial charge in [0, 0.05) is 13.1 Å². The molecule has 0 aliphatic carbocycles. The molecular formula is C13H24BNO2. The van der Waals surface area contributed by atoms with E-state index >= 15 is 0 Å². The zero-order valence-corrected chi connectivity index (χ0v) is 11.7. The Morgan fingerprint density at radius 2 is 1.82 bits per heavy atom. The topological polar surface area (TPSA) is 21.7 Å². The average molecular weight is 237 g/mol. The van der Waals surface area contributed by atoms with E-state index in [-0.39, 0.29) is 18.3 Å². The van der Waals surface area contributed by atoms with Crippen molar-refractivity contribution in [3.05, 3.63) is 11.5 Å². The molecule has 0 bridgehead atoms. The van der Waals surface area contributed by atoms with E-state index in [1.807, 2.05) is 0 Å². The summed E-state index contributed by atoms with van der Waals surface area (Å²) in [5, 5.41) is 0. The van der Waals surface area contributed by atoms with E-state index in [1.54, 1.807) is 0 Å².